The summed E-state index contributed by atoms with van der Waals surface area (Å²) in [5.74, 6) is 0. The highest BCUT2D eigenvalue weighted by Gasteiger charge is 2.34. The van der Waals surface area contributed by atoms with Crippen molar-refractivity contribution in [3.05, 3.63) is 23.8 Å². The Balaban J connectivity index is 1.75. The molecule has 0 radical (unpaired) electrons. The first-order valence-electron chi connectivity index (χ1n) is 5.68. The molecule has 3 aliphatic rings. The maximum Gasteiger partial charge on any atom is 0.132 e. The summed E-state index contributed by atoms with van der Waals surface area (Å²) >= 11 is 0. The third kappa shape index (κ3) is 1.08. The van der Waals surface area contributed by atoms with Gasteiger partial charge in [-0.3, -0.25) is 9.80 Å². The zero-order valence-electron chi connectivity index (χ0n) is 8.65. The van der Waals surface area contributed by atoms with Crippen molar-refractivity contribution in [3.8, 4) is 0 Å². The van der Waals surface area contributed by atoms with Crippen LogP contribution in [-0.4, -0.2) is 42.5 Å². The molecular formula is C12H14N2O. The van der Waals surface area contributed by atoms with E-state index < -0.39 is 0 Å². The van der Waals surface area contributed by atoms with Crippen molar-refractivity contribution >= 4 is 11.2 Å². The maximum atomic E-state index is 5.63. The number of nitrogens with zero attached hydrogens (tertiary/aromatic N) is 2. The summed E-state index contributed by atoms with van der Waals surface area (Å²) in [5, 5.41) is 0. The summed E-state index contributed by atoms with van der Waals surface area (Å²) in [5.41, 5.74) is 3.51. The van der Waals surface area contributed by atoms with Crippen LogP contribution in [0.25, 0.3) is 11.2 Å². The molecule has 3 saturated heterocycles. The van der Waals surface area contributed by atoms with Crippen LogP contribution in [0.5, 0.6) is 0 Å². The van der Waals surface area contributed by atoms with Gasteiger partial charge < -0.3 is 4.42 Å². The number of furan rings is 2. The Morgan fingerprint density at radius 3 is 2.53 bits per heavy atom. The number of fused-ring (bicyclic) bond motifs is 5. The highest BCUT2D eigenvalue weighted by molar-refractivity contribution is 5.66. The number of rotatable bonds is 1. The fourth-order valence-electron chi connectivity index (χ4n) is 2.98. The molecule has 1 unspecified atom stereocenters. The van der Waals surface area contributed by atoms with E-state index in [4.69, 9.17) is 4.42 Å². The molecule has 0 N–H and O–H groups in total. The highest BCUT2D eigenvalue weighted by Crippen LogP contribution is 2.34. The van der Waals surface area contributed by atoms with Crippen molar-refractivity contribution in [1.29, 1.82) is 0 Å². The first-order chi connectivity index (χ1) is 7.40. The van der Waals surface area contributed by atoms with Crippen molar-refractivity contribution in [2.45, 2.75) is 6.04 Å². The van der Waals surface area contributed by atoms with E-state index in [0.717, 1.165) is 11.2 Å². The van der Waals surface area contributed by atoms with Crippen LogP contribution in [0.4, 0.5) is 0 Å². The zero-order valence-corrected chi connectivity index (χ0v) is 8.65. The lowest BCUT2D eigenvalue weighted by Crippen LogP contribution is -2.56. The van der Waals surface area contributed by atoms with Gasteiger partial charge in [0.2, 0.25) is 0 Å². The molecule has 3 heteroatoms. The summed E-state index contributed by atoms with van der Waals surface area (Å²) in [6.07, 6.45) is 0. The van der Waals surface area contributed by atoms with Crippen molar-refractivity contribution in [3.63, 3.8) is 0 Å². The van der Waals surface area contributed by atoms with Gasteiger partial charge in [0.25, 0.3) is 0 Å². The summed E-state index contributed by atoms with van der Waals surface area (Å²) < 4.78 is 5.63. The van der Waals surface area contributed by atoms with Gasteiger partial charge in [-0.25, -0.2) is 0 Å². The lowest BCUT2D eigenvalue weighted by atomic mass is 10.00. The molecule has 4 bridgehead atoms. The molecule has 3 nitrogen and oxygen atoms in total. The van der Waals surface area contributed by atoms with Gasteiger partial charge in [0.05, 0.1) is 6.04 Å². The molecule has 0 aliphatic carbocycles. The number of hydrogen-bond acceptors (Lipinski definition) is 3. The lowest BCUT2D eigenvalue weighted by molar-refractivity contribution is 0.0128. The molecule has 0 amide bonds. The van der Waals surface area contributed by atoms with E-state index in [1.165, 1.54) is 38.3 Å². The number of hydrogen-bond donors (Lipinski definition) is 0. The highest BCUT2D eigenvalue weighted by atomic mass is 16.3. The van der Waals surface area contributed by atoms with Gasteiger partial charge in [-0.15, -0.1) is 0 Å². The Hall–Kier alpha value is -1.06. The molecule has 78 valence electrons. The SMILES string of the molecule is c1cc2oc1cc2C1CN2CCN1CC2. The minimum Gasteiger partial charge on any atom is -0.457 e. The van der Waals surface area contributed by atoms with Crippen LogP contribution < -0.4 is 0 Å². The van der Waals surface area contributed by atoms with E-state index in [1.54, 1.807) is 0 Å². The average molecular weight is 202 g/mol. The molecule has 5 rings (SSSR count). The van der Waals surface area contributed by atoms with E-state index >= 15 is 0 Å². The molecule has 2 aromatic rings. The van der Waals surface area contributed by atoms with Crippen molar-refractivity contribution in [1.82, 2.24) is 9.80 Å². The first-order valence-corrected chi connectivity index (χ1v) is 5.68. The molecule has 3 aliphatic heterocycles. The number of benzene rings is 1. The fraction of sp³-hybridized carbons (Fsp3) is 0.500. The zero-order chi connectivity index (χ0) is 9.83. The molecular weight excluding hydrogens is 188 g/mol. The maximum absolute atomic E-state index is 5.63. The van der Waals surface area contributed by atoms with Crippen LogP contribution in [0, 0.1) is 0 Å². The molecule has 2 aromatic heterocycles. The van der Waals surface area contributed by atoms with Crippen molar-refractivity contribution < 1.29 is 4.42 Å². The Morgan fingerprint density at radius 1 is 1.13 bits per heavy atom. The quantitative estimate of drug-likeness (QED) is 0.699. The van der Waals surface area contributed by atoms with Gasteiger partial charge in [0, 0.05) is 38.3 Å². The molecule has 15 heavy (non-hydrogen) atoms. The average Bonchev–Trinajstić information content (AvgIpc) is 2.92. The predicted octanol–water partition coefficient (Wildman–Crippen LogP) is 1.54. The van der Waals surface area contributed by atoms with E-state index in [0.29, 0.717) is 6.04 Å². The second-order valence-corrected chi connectivity index (χ2v) is 4.65. The second-order valence-electron chi connectivity index (χ2n) is 4.65. The van der Waals surface area contributed by atoms with E-state index in [9.17, 15) is 0 Å². The van der Waals surface area contributed by atoms with Crippen LogP contribution in [0.3, 0.4) is 0 Å². The summed E-state index contributed by atoms with van der Waals surface area (Å²) in [4.78, 5) is 5.16. The van der Waals surface area contributed by atoms with Crippen LogP contribution >= 0.6 is 0 Å². The Bertz CT molecular complexity index is 470. The van der Waals surface area contributed by atoms with Crippen LogP contribution in [-0.2, 0) is 0 Å². The van der Waals surface area contributed by atoms with Gasteiger partial charge in [-0.2, -0.15) is 0 Å². The smallest absolute Gasteiger partial charge is 0.132 e. The first kappa shape index (κ1) is 8.13. The van der Waals surface area contributed by atoms with Gasteiger partial charge in [0.15, 0.2) is 0 Å². The molecule has 3 fully saturated rings. The third-order valence-corrected chi connectivity index (χ3v) is 3.85. The van der Waals surface area contributed by atoms with Crippen LogP contribution in [0.1, 0.15) is 11.6 Å². The third-order valence-electron chi connectivity index (χ3n) is 3.85. The van der Waals surface area contributed by atoms with Gasteiger partial charge >= 0.3 is 0 Å². The topological polar surface area (TPSA) is 19.6 Å². The Labute approximate surface area is 88.6 Å². The van der Waals surface area contributed by atoms with Crippen molar-refractivity contribution in [2.75, 3.05) is 32.7 Å². The normalized spacial score (nSPS) is 35.3. The minimum atomic E-state index is 0.574. The summed E-state index contributed by atoms with van der Waals surface area (Å²) in [7, 11) is 0. The lowest BCUT2D eigenvalue weighted by Gasteiger charge is -2.47. The molecule has 5 heterocycles. The summed E-state index contributed by atoms with van der Waals surface area (Å²) in [6, 6.07) is 6.94. The van der Waals surface area contributed by atoms with Crippen molar-refractivity contribution in [2.24, 2.45) is 0 Å². The minimum absolute atomic E-state index is 0.574. The van der Waals surface area contributed by atoms with Gasteiger partial charge in [-0.05, 0) is 18.2 Å². The molecule has 0 aromatic carbocycles. The Morgan fingerprint density at radius 2 is 2.00 bits per heavy atom. The standard InChI is InChI=1S/C12H14N2O/c1-2-12-10(7-9(1)15-12)11-8-13-3-5-14(11)6-4-13/h1-2,7,11H,3-6,8H2. The number of piperazine rings is 3. The predicted molar refractivity (Wildman–Crippen MR) is 58.2 cm³/mol. The summed E-state index contributed by atoms with van der Waals surface area (Å²) in [6.45, 7) is 6.10. The van der Waals surface area contributed by atoms with E-state index in [2.05, 4.69) is 28.0 Å². The van der Waals surface area contributed by atoms with Crippen LogP contribution in [0.2, 0.25) is 0 Å². The van der Waals surface area contributed by atoms with Crippen LogP contribution in [0.15, 0.2) is 22.6 Å². The fourth-order valence-corrected chi connectivity index (χ4v) is 2.98. The monoisotopic (exact) mass is 202 g/mol. The molecule has 0 spiro atoms. The van der Waals surface area contributed by atoms with E-state index in [1.807, 2.05) is 0 Å². The second kappa shape index (κ2) is 2.74. The Kier molecular flexibility index (Phi) is 1.49. The van der Waals surface area contributed by atoms with Gasteiger partial charge in [0.1, 0.15) is 11.2 Å². The van der Waals surface area contributed by atoms with Gasteiger partial charge in [-0.1, -0.05) is 0 Å². The largest absolute Gasteiger partial charge is 0.457 e. The molecule has 1 atom stereocenters. The van der Waals surface area contributed by atoms with E-state index in [-0.39, 0.29) is 0 Å². The molecule has 0 saturated carbocycles.